The summed E-state index contributed by atoms with van der Waals surface area (Å²) in [6.07, 6.45) is 3.33. The molecular weight excluding hydrogens is 244 g/mol. The maximum atomic E-state index is 12.1. The SMILES string of the molecule is CCCC(CC)N1C(=O)CNC1c1ccc(C)s1. The maximum Gasteiger partial charge on any atom is 0.238 e. The van der Waals surface area contributed by atoms with E-state index in [0.29, 0.717) is 12.6 Å². The van der Waals surface area contributed by atoms with Gasteiger partial charge >= 0.3 is 0 Å². The molecule has 1 aromatic heterocycles. The van der Waals surface area contributed by atoms with Crippen molar-refractivity contribution in [3.8, 4) is 0 Å². The van der Waals surface area contributed by atoms with Crippen LogP contribution in [0.4, 0.5) is 0 Å². The van der Waals surface area contributed by atoms with Crippen molar-refractivity contribution in [2.24, 2.45) is 0 Å². The van der Waals surface area contributed by atoms with Crippen LogP contribution in [0, 0.1) is 6.92 Å². The topological polar surface area (TPSA) is 32.3 Å². The van der Waals surface area contributed by atoms with Crippen LogP contribution < -0.4 is 5.32 Å². The van der Waals surface area contributed by atoms with Crippen LogP contribution in [0.2, 0.25) is 0 Å². The summed E-state index contributed by atoms with van der Waals surface area (Å²) in [4.78, 5) is 16.7. The molecule has 2 unspecified atom stereocenters. The molecule has 4 heteroatoms. The zero-order valence-electron chi connectivity index (χ0n) is 11.4. The van der Waals surface area contributed by atoms with Crippen LogP contribution in [0.3, 0.4) is 0 Å². The Kier molecular flexibility index (Phi) is 4.40. The Hall–Kier alpha value is -0.870. The highest BCUT2D eigenvalue weighted by Gasteiger charge is 2.36. The van der Waals surface area contributed by atoms with Crippen molar-refractivity contribution in [1.82, 2.24) is 10.2 Å². The zero-order valence-corrected chi connectivity index (χ0v) is 12.2. The van der Waals surface area contributed by atoms with E-state index in [9.17, 15) is 4.79 Å². The molecule has 1 saturated heterocycles. The summed E-state index contributed by atoms with van der Waals surface area (Å²) in [5.74, 6) is 0.242. The molecule has 0 spiro atoms. The Bertz CT molecular complexity index is 416. The van der Waals surface area contributed by atoms with Gasteiger partial charge in [-0.05, 0) is 31.9 Å². The van der Waals surface area contributed by atoms with Gasteiger partial charge in [0, 0.05) is 15.8 Å². The molecule has 2 rings (SSSR count). The third-order valence-corrected chi connectivity index (χ3v) is 4.58. The molecule has 0 saturated carbocycles. The van der Waals surface area contributed by atoms with Crippen molar-refractivity contribution < 1.29 is 4.79 Å². The molecule has 18 heavy (non-hydrogen) atoms. The van der Waals surface area contributed by atoms with Crippen LogP contribution in [0.15, 0.2) is 12.1 Å². The Morgan fingerprint density at radius 2 is 2.28 bits per heavy atom. The average Bonchev–Trinajstić information content (AvgIpc) is 2.93. The minimum Gasteiger partial charge on any atom is -0.318 e. The fraction of sp³-hybridized carbons (Fsp3) is 0.643. The van der Waals surface area contributed by atoms with E-state index < -0.39 is 0 Å². The van der Waals surface area contributed by atoms with Gasteiger partial charge in [-0.25, -0.2) is 0 Å². The molecule has 2 heterocycles. The fourth-order valence-corrected chi connectivity index (χ4v) is 3.60. The maximum absolute atomic E-state index is 12.1. The Morgan fingerprint density at radius 3 is 2.83 bits per heavy atom. The molecule has 1 fully saturated rings. The van der Waals surface area contributed by atoms with E-state index in [4.69, 9.17) is 0 Å². The Labute approximate surface area is 113 Å². The van der Waals surface area contributed by atoms with Crippen molar-refractivity contribution in [3.05, 3.63) is 21.9 Å². The molecule has 1 aliphatic heterocycles. The molecule has 100 valence electrons. The van der Waals surface area contributed by atoms with E-state index in [2.05, 4.69) is 43.1 Å². The first-order valence-electron chi connectivity index (χ1n) is 6.78. The molecule has 2 atom stereocenters. The van der Waals surface area contributed by atoms with Crippen LogP contribution in [-0.2, 0) is 4.79 Å². The average molecular weight is 266 g/mol. The molecule has 0 aliphatic carbocycles. The Balaban J connectivity index is 2.21. The summed E-state index contributed by atoms with van der Waals surface area (Å²) >= 11 is 1.78. The first-order valence-corrected chi connectivity index (χ1v) is 7.59. The number of hydrogen-bond acceptors (Lipinski definition) is 3. The zero-order chi connectivity index (χ0) is 13.1. The molecule has 1 aliphatic rings. The second kappa shape index (κ2) is 5.85. The smallest absolute Gasteiger partial charge is 0.238 e. The number of thiophene rings is 1. The number of rotatable bonds is 5. The van der Waals surface area contributed by atoms with Crippen LogP contribution in [0.25, 0.3) is 0 Å². The number of amides is 1. The largest absolute Gasteiger partial charge is 0.318 e. The second-order valence-corrected chi connectivity index (χ2v) is 6.20. The lowest BCUT2D eigenvalue weighted by molar-refractivity contribution is -0.130. The highest BCUT2D eigenvalue weighted by Crippen LogP contribution is 2.31. The molecule has 0 bridgehead atoms. The third-order valence-electron chi connectivity index (χ3n) is 3.53. The van der Waals surface area contributed by atoms with Gasteiger partial charge in [-0.2, -0.15) is 0 Å². The minimum atomic E-state index is 0.0905. The van der Waals surface area contributed by atoms with Crippen LogP contribution >= 0.6 is 11.3 Å². The molecule has 3 nitrogen and oxygen atoms in total. The summed E-state index contributed by atoms with van der Waals surface area (Å²) in [7, 11) is 0. The number of nitrogens with one attached hydrogen (secondary N) is 1. The van der Waals surface area contributed by atoms with Gasteiger partial charge in [-0.3, -0.25) is 10.1 Å². The molecule has 1 amide bonds. The first kappa shape index (κ1) is 13.6. The molecule has 0 radical (unpaired) electrons. The van der Waals surface area contributed by atoms with Crippen LogP contribution in [0.1, 0.15) is 49.0 Å². The standard InChI is InChI=1S/C14H22N2OS/c1-4-6-11(5-2)16-13(17)9-15-14(16)12-8-7-10(3)18-12/h7-8,11,14-15H,4-6,9H2,1-3H3. The fourth-order valence-electron chi connectivity index (χ4n) is 2.64. The van der Waals surface area contributed by atoms with Crippen molar-refractivity contribution >= 4 is 17.2 Å². The number of carbonyl (C=O) groups is 1. The van der Waals surface area contributed by atoms with E-state index >= 15 is 0 Å². The van der Waals surface area contributed by atoms with Gasteiger partial charge in [0.1, 0.15) is 6.17 Å². The quantitative estimate of drug-likeness (QED) is 0.888. The lowest BCUT2D eigenvalue weighted by atomic mass is 10.1. The highest BCUT2D eigenvalue weighted by molar-refractivity contribution is 7.12. The number of nitrogens with zero attached hydrogens (tertiary/aromatic N) is 1. The highest BCUT2D eigenvalue weighted by atomic mass is 32.1. The lowest BCUT2D eigenvalue weighted by Gasteiger charge is -2.31. The van der Waals surface area contributed by atoms with Crippen molar-refractivity contribution in [1.29, 1.82) is 0 Å². The predicted octanol–water partition coefficient (Wildman–Crippen LogP) is 3.07. The lowest BCUT2D eigenvalue weighted by Crippen LogP contribution is -2.39. The van der Waals surface area contributed by atoms with Gasteiger partial charge in [0.15, 0.2) is 0 Å². The summed E-state index contributed by atoms with van der Waals surface area (Å²) in [5, 5.41) is 3.35. The van der Waals surface area contributed by atoms with Crippen LogP contribution in [0.5, 0.6) is 0 Å². The van der Waals surface area contributed by atoms with Gasteiger partial charge < -0.3 is 4.90 Å². The van der Waals surface area contributed by atoms with E-state index in [0.717, 1.165) is 19.3 Å². The third kappa shape index (κ3) is 2.59. The summed E-state index contributed by atoms with van der Waals surface area (Å²) in [5.41, 5.74) is 0. The summed E-state index contributed by atoms with van der Waals surface area (Å²) < 4.78 is 0. The van der Waals surface area contributed by atoms with Gasteiger partial charge in [-0.15, -0.1) is 11.3 Å². The predicted molar refractivity (Wildman–Crippen MR) is 75.6 cm³/mol. The van der Waals surface area contributed by atoms with Gasteiger partial charge in [0.2, 0.25) is 5.91 Å². The normalized spacial score (nSPS) is 21.6. The van der Waals surface area contributed by atoms with Crippen LogP contribution in [-0.4, -0.2) is 23.4 Å². The van der Waals surface area contributed by atoms with E-state index in [1.165, 1.54) is 9.75 Å². The number of hydrogen-bond donors (Lipinski definition) is 1. The van der Waals surface area contributed by atoms with Crippen molar-refractivity contribution in [2.45, 2.75) is 52.2 Å². The van der Waals surface area contributed by atoms with Crippen molar-refractivity contribution in [2.75, 3.05) is 6.54 Å². The number of carbonyl (C=O) groups excluding carboxylic acids is 1. The van der Waals surface area contributed by atoms with E-state index in [-0.39, 0.29) is 12.1 Å². The van der Waals surface area contributed by atoms with E-state index in [1.807, 2.05) is 0 Å². The first-order chi connectivity index (χ1) is 8.67. The van der Waals surface area contributed by atoms with Gasteiger partial charge in [0.25, 0.3) is 0 Å². The minimum absolute atomic E-state index is 0.0905. The summed E-state index contributed by atoms with van der Waals surface area (Å²) in [6.45, 7) is 6.93. The monoisotopic (exact) mass is 266 g/mol. The van der Waals surface area contributed by atoms with E-state index in [1.54, 1.807) is 11.3 Å². The van der Waals surface area contributed by atoms with Gasteiger partial charge in [-0.1, -0.05) is 20.3 Å². The summed E-state index contributed by atoms with van der Waals surface area (Å²) in [6, 6.07) is 4.63. The molecule has 0 aromatic carbocycles. The van der Waals surface area contributed by atoms with Gasteiger partial charge in [0.05, 0.1) is 6.54 Å². The molecule has 1 N–H and O–H groups in total. The molecular formula is C14H22N2OS. The van der Waals surface area contributed by atoms with Crippen molar-refractivity contribution in [3.63, 3.8) is 0 Å². The second-order valence-electron chi connectivity index (χ2n) is 4.88. The number of aryl methyl sites for hydroxylation is 1. The molecule has 1 aromatic rings. The Morgan fingerprint density at radius 1 is 1.50 bits per heavy atom.